The van der Waals surface area contributed by atoms with Gasteiger partial charge in [-0.25, -0.2) is 9.97 Å². The number of carbonyl (C=O) groups excluding carboxylic acids is 1. The second-order valence-corrected chi connectivity index (χ2v) is 6.74. The first-order valence-electron chi connectivity index (χ1n) is 8.41. The van der Waals surface area contributed by atoms with Gasteiger partial charge >= 0.3 is 0 Å². The van der Waals surface area contributed by atoms with Crippen LogP contribution < -0.4 is 10.1 Å². The molecular weight excluding hydrogens is 316 g/mol. The van der Waals surface area contributed by atoms with Crippen molar-refractivity contribution in [2.24, 2.45) is 5.41 Å². The summed E-state index contributed by atoms with van der Waals surface area (Å²) in [5, 5.41) is 4.09. The third-order valence-electron chi connectivity index (χ3n) is 4.62. The number of ether oxygens (including phenoxy) is 1. The van der Waals surface area contributed by atoms with Crippen molar-refractivity contribution in [3.8, 4) is 5.75 Å². The summed E-state index contributed by atoms with van der Waals surface area (Å²) in [6.45, 7) is 2.85. The summed E-state index contributed by atoms with van der Waals surface area (Å²) in [4.78, 5) is 23.7. The quantitative estimate of drug-likeness (QED) is 0.725. The molecule has 6 nitrogen and oxygen atoms in total. The molecule has 0 spiro atoms. The highest BCUT2D eigenvalue weighted by Gasteiger charge is 2.44. The zero-order chi connectivity index (χ0) is 17.3. The summed E-state index contributed by atoms with van der Waals surface area (Å²) in [6, 6.07) is 9.70. The van der Waals surface area contributed by atoms with Gasteiger partial charge in [0.25, 0.3) is 0 Å². The summed E-state index contributed by atoms with van der Waals surface area (Å²) in [5.74, 6) is 1.53. The molecule has 0 atom stereocenters. The van der Waals surface area contributed by atoms with Crippen LogP contribution >= 0.6 is 0 Å². The van der Waals surface area contributed by atoms with Gasteiger partial charge in [-0.2, -0.15) is 0 Å². The van der Waals surface area contributed by atoms with Crippen molar-refractivity contribution in [2.75, 3.05) is 0 Å². The van der Waals surface area contributed by atoms with Crippen LogP contribution in [0.3, 0.4) is 0 Å². The molecule has 1 fully saturated rings. The van der Waals surface area contributed by atoms with Gasteiger partial charge in [-0.3, -0.25) is 4.79 Å². The Kier molecular flexibility index (Phi) is 3.87. The monoisotopic (exact) mass is 336 g/mol. The van der Waals surface area contributed by atoms with Gasteiger partial charge in [-0.1, -0.05) is 6.92 Å². The first-order chi connectivity index (χ1) is 12.1. The van der Waals surface area contributed by atoms with E-state index in [2.05, 4.69) is 26.3 Å². The van der Waals surface area contributed by atoms with Crippen LogP contribution in [-0.2, 0) is 17.9 Å². The number of nitrogens with zero attached hydrogens (tertiary/aromatic N) is 2. The van der Waals surface area contributed by atoms with Crippen LogP contribution in [0.1, 0.15) is 31.3 Å². The first kappa shape index (κ1) is 15.6. The average Bonchev–Trinajstić information content (AvgIpc) is 3.26. The minimum absolute atomic E-state index is 0.137. The molecule has 1 saturated carbocycles. The van der Waals surface area contributed by atoms with Crippen LogP contribution in [0.5, 0.6) is 5.75 Å². The molecule has 4 rings (SSSR count). The Morgan fingerprint density at radius 3 is 2.84 bits per heavy atom. The molecule has 6 heteroatoms. The molecule has 1 aliphatic carbocycles. The predicted octanol–water partition coefficient (Wildman–Crippen LogP) is 2.95. The maximum absolute atomic E-state index is 12.0. The van der Waals surface area contributed by atoms with Gasteiger partial charge in [0.1, 0.15) is 12.4 Å². The van der Waals surface area contributed by atoms with E-state index < -0.39 is 0 Å². The molecule has 2 heterocycles. The highest BCUT2D eigenvalue weighted by molar-refractivity contribution is 5.85. The van der Waals surface area contributed by atoms with Gasteiger partial charge in [0.05, 0.1) is 6.54 Å². The number of hydrogen-bond donors (Lipinski definition) is 2. The third kappa shape index (κ3) is 3.47. The van der Waals surface area contributed by atoms with E-state index in [-0.39, 0.29) is 11.3 Å². The zero-order valence-electron chi connectivity index (χ0n) is 14.1. The minimum Gasteiger partial charge on any atom is -0.486 e. The Morgan fingerprint density at radius 1 is 1.28 bits per heavy atom. The van der Waals surface area contributed by atoms with Gasteiger partial charge < -0.3 is 15.0 Å². The molecule has 3 aromatic rings. The van der Waals surface area contributed by atoms with Crippen molar-refractivity contribution in [2.45, 2.75) is 32.9 Å². The fourth-order valence-corrected chi connectivity index (χ4v) is 2.71. The molecule has 0 unspecified atom stereocenters. The molecule has 0 bridgehead atoms. The van der Waals surface area contributed by atoms with Crippen molar-refractivity contribution in [3.63, 3.8) is 0 Å². The van der Waals surface area contributed by atoms with Gasteiger partial charge in [-0.05, 0) is 42.5 Å². The number of aromatic nitrogens is 3. The second-order valence-electron chi connectivity index (χ2n) is 6.74. The van der Waals surface area contributed by atoms with Crippen LogP contribution in [0.25, 0.3) is 10.9 Å². The lowest BCUT2D eigenvalue weighted by Gasteiger charge is -2.08. The van der Waals surface area contributed by atoms with Crippen molar-refractivity contribution < 1.29 is 9.53 Å². The molecule has 2 aromatic heterocycles. The van der Waals surface area contributed by atoms with E-state index in [4.69, 9.17) is 4.74 Å². The Hall–Kier alpha value is -2.89. The summed E-state index contributed by atoms with van der Waals surface area (Å²) in [5.41, 5.74) is 1.82. The van der Waals surface area contributed by atoms with Crippen LogP contribution in [0.2, 0.25) is 0 Å². The first-order valence-corrected chi connectivity index (χ1v) is 8.41. The maximum atomic E-state index is 12.0. The van der Waals surface area contributed by atoms with Crippen LogP contribution in [0, 0.1) is 5.41 Å². The Morgan fingerprint density at radius 2 is 2.08 bits per heavy atom. The van der Waals surface area contributed by atoms with Crippen molar-refractivity contribution in [1.82, 2.24) is 20.3 Å². The van der Waals surface area contributed by atoms with Gasteiger partial charge in [-0.15, -0.1) is 0 Å². The van der Waals surface area contributed by atoms with E-state index >= 15 is 0 Å². The highest BCUT2D eigenvalue weighted by atomic mass is 16.5. The maximum Gasteiger partial charge on any atom is 0.226 e. The summed E-state index contributed by atoms with van der Waals surface area (Å²) < 4.78 is 5.75. The second kappa shape index (κ2) is 6.20. The lowest BCUT2D eigenvalue weighted by atomic mass is 10.1. The minimum atomic E-state index is -0.146. The summed E-state index contributed by atoms with van der Waals surface area (Å²) in [7, 11) is 0. The van der Waals surface area contributed by atoms with Gasteiger partial charge in [0, 0.05) is 35.1 Å². The average molecular weight is 336 g/mol. The van der Waals surface area contributed by atoms with E-state index in [1.807, 2.05) is 25.1 Å². The Labute approximate surface area is 145 Å². The molecule has 0 saturated heterocycles. The zero-order valence-corrected chi connectivity index (χ0v) is 14.1. The van der Waals surface area contributed by atoms with Crippen LogP contribution in [0.15, 0.2) is 42.7 Å². The van der Waals surface area contributed by atoms with E-state index in [1.165, 1.54) is 0 Å². The lowest BCUT2D eigenvalue weighted by molar-refractivity contribution is -0.125. The molecule has 0 aliphatic heterocycles. The lowest BCUT2D eigenvalue weighted by Crippen LogP contribution is -2.29. The van der Waals surface area contributed by atoms with Crippen LogP contribution in [-0.4, -0.2) is 20.9 Å². The van der Waals surface area contributed by atoms with Crippen molar-refractivity contribution in [3.05, 3.63) is 54.2 Å². The number of benzene rings is 1. The van der Waals surface area contributed by atoms with Crippen molar-refractivity contribution in [1.29, 1.82) is 0 Å². The number of amides is 1. The smallest absolute Gasteiger partial charge is 0.226 e. The fourth-order valence-electron chi connectivity index (χ4n) is 2.71. The summed E-state index contributed by atoms with van der Waals surface area (Å²) >= 11 is 0. The number of rotatable bonds is 6. The predicted molar refractivity (Wildman–Crippen MR) is 93.9 cm³/mol. The largest absolute Gasteiger partial charge is 0.486 e. The van der Waals surface area contributed by atoms with E-state index in [0.717, 1.165) is 35.2 Å². The SMILES string of the molecule is CC1(C(=O)NCc2cc3ccc(OCc4ncccn4)cc3[nH]2)CC1. The number of nitrogens with one attached hydrogen (secondary N) is 2. The molecule has 1 aliphatic rings. The number of aromatic amines is 1. The standard InChI is InChI=1S/C19H20N4O2/c1-19(5-6-19)18(24)22-11-14-9-13-3-4-15(10-16(13)23-14)25-12-17-20-7-2-8-21-17/h2-4,7-10,23H,5-6,11-12H2,1H3,(H,22,24). The van der Waals surface area contributed by atoms with Gasteiger partial charge in [0.2, 0.25) is 5.91 Å². The molecule has 128 valence electrons. The third-order valence-corrected chi connectivity index (χ3v) is 4.62. The molecule has 0 radical (unpaired) electrons. The normalized spacial score (nSPS) is 15.1. The number of fused-ring (bicyclic) bond motifs is 1. The molecule has 1 amide bonds. The summed E-state index contributed by atoms with van der Waals surface area (Å²) in [6.07, 6.45) is 5.36. The molecule has 2 N–H and O–H groups in total. The van der Waals surface area contributed by atoms with E-state index in [9.17, 15) is 4.79 Å². The fraction of sp³-hybridized carbons (Fsp3) is 0.316. The van der Waals surface area contributed by atoms with Gasteiger partial charge in [0.15, 0.2) is 5.82 Å². The Balaban J connectivity index is 1.41. The van der Waals surface area contributed by atoms with E-state index in [1.54, 1.807) is 18.5 Å². The Bertz CT molecular complexity index is 900. The molecular formula is C19H20N4O2. The highest BCUT2D eigenvalue weighted by Crippen LogP contribution is 2.45. The molecule has 1 aromatic carbocycles. The van der Waals surface area contributed by atoms with Crippen LogP contribution in [0.4, 0.5) is 0 Å². The topological polar surface area (TPSA) is 79.9 Å². The number of hydrogen-bond acceptors (Lipinski definition) is 4. The van der Waals surface area contributed by atoms with Crippen molar-refractivity contribution >= 4 is 16.8 Å². The number of H-pyrrole nitrogens is 1. The molecule has 25 heavy (non-hydrogen) atoms. The number of carbonyl (C=O) groups is 1. The van der Waals surface area contributed by atoms with E-state index in [0.29, 0.717) is 19.0 Å².